The van der Waals surface area contributed by atoms with Crippen molar-refractivity contribution in [2.75, 3.05) is 6.61 Å². The van der Waals surface area contributed by atoms with Crippen molar-refractivity contribution in [3.63, 3.8) is 0 Å². The van der Waals surface area contributed by atoms with Crippen LogP contribution >= 0.6 is 0 Å². The highest BCUT2D eigenvalue weighted by molar-refractivity contribution is 5.37. The number of para-hydroxylation sites is 1. The minimum atomic E-state index is -0.347. The fourth-order valence-corrected chi connectivity index (χ4v) is 4.28. The average Bonchev–Trinajstić information content (AvgIpc) is 2.85. The van der Waals surface area contributed by atoms with Crippen molar-refractivity contribution >= 4 is 0 Å². The van der Waals surface area contributed by atoms with Crippen LogP contribution in [0.25, 0.3) is 0 Å². The largest absolute Gasteiger partial charge is 0.494 e. The molecule has 174 valence electrons. The topological polar surface area (TPSA) is 18.5 Å². The lowest BCUT2D eigenvalue weighted by atomic mass is 9.72. The van der Waals surface area contributed by atoms with Crippen LogP contribution in [-0.2, 0) is 11.8 Å². The minimum absolute atomic E-state index is 0.0792. The second-order valence-corrected chi connectivity index (χ2v) is 8.45. The Labute approximate surface area is 198 Å². The molecule has 2 nitrogen and oxygen atoms in total. The molecule has 0 saturated carbocycles. The number of rotatable bonds is 13. The number of allylic oxidation sites excluding steroid dienone is 1. The van der Waals surface area contributed by atoms with Crippen LogP contribution < -0.4 is 9.47 Å². The van der Waals surface area contributed by atoms with E-state index >= 15 is 0 Å². The van der Waals surface area contributed by atoms with Gasteiger partial charge in [0.25, 0.3) is 0 Å². The standard InChI is InChI=1S/C30H35FO2/c1-4-7-21-30(5-2,25-16-18-26(19-17-25)32-6-3)22-11-12-24-15-20-28(31)29(23-24)33-27-13-9-8-10-14-27/h5,8-10,13-20,23H,2,4,6-7,11-12,21-22H2,1,3H3. The van der Waals surface area contributed by atoms with E-state index in [1.807, 2.05) is 49.4 Å². The lowest BCUT2D eigenvalue weighted by Gasteiger charge is -2.32. The molecule has 3 heteroatoms. The molecule has 0 saturated heterocycles. The highest BCUT2D eigenvalue weighted by Crippen LogP contribution is 2.37. The van der Waals surface area contributed by atoms with Gasteiger partial charge in [-0.05, 0) is 80.1 Å². The highest BCUT2D eigenvalue weighted by Gasteiger charge is 2.28. The summed E-state index contributed by atoms with van der Waals surface area (Å²) < 4.78 is 25.7. The summed E-state index contributed by atoms with van der Waals surface area (Å²) >= 11 is 0. The van der Waals surface area contributed by atoms with Gasteiger partial charge in [-0.3, -0.25) is 0 Å². The maximum Gasteiger partial charge on any atom is 0.165 e. The number of aryl methyl sites for hydroxylation is 1. The van der Waals surface area contributed by atoms with Crippen LogP contribution in [0.15, 0.2) is 85.5 Å². The van der Waals surface area contributed by atoms with E-state index in [4.69, 9.17) is 9.47 Å². The number of hydrogen-bond acceptors (Lipinski definition) is 2. The van der Waals surface area contributed by atoms with Crippen molar-refractivity contribution in [3.8, 4) is 17.2 Å². The summed E-state index contributed by atoms with van der Waals surface area (Å²) in [4.78, 5) is 0. The van der Waals surface area contributed by atoms with Crippen molar-refractivity contribution in [2.45, 2.75) is 57.8 Å². The first-order chi connectivity index (χ1) is 16.1. The Morgan fingerprint density at radius 2 is 1.61 bits per heavy atom. The van der Waals surface area contributed by atoms with Crippen LogP contribution in [0.3, 0.4) is 0 Å². The molecule has 0 amide bonds. The Hall–Kier alpha value is -3.07. The molecule has 0 heterocycles. The first kappa shape index (κ1) is 24.6. The van der Waals surface area contributed by atoms with Gasteiger partial charge in [0.2, 0.25) is 0 Å². The van der Waals surface area contributed by atoms with Gasteiger partial charge in [-0.2, -0.15) is 0 Å². The molecule has 0 radical (unpaired) electrons. The molecular weight excluding hydrogens is 411 g/mol. The zero-order valence-corrected chi connectivity index (χ0v) is 19.9. The number of benzene rings is 3. The highest BCUT2D eigenvalue weighted by atomic mass is 19.1. The van der Waals surface area contributed by atoms with E-state index in [0.29, 0.717) is 12.4 Å². The molecule has 0 spiro atoms. The Morgan fingerprint density at radius 3 is 2.27 bits per heavy atom. The van der Waals surface area contributed by atoms with Gasteiger partial charge >= 0.3 is 0 Å². The van der Waals surface area contributed by atoms with Gasteiger partial charge in [-0.15, -0.1) is 6.58 Å². The predicted molar refractivity (Wildman–Crippen MR) is 135 cm³/mol. The lowest BCUT2D eigenvalue weighted by Crippen LogP contribution is -2.23. The van der Waals surface area contributed by atoms with Gasteiger partial charge in [0, 0.05) is 5.41 Å². The van der Waals surface area contributed by atoms with Crippen LogP contribution in [0, 0.1) is 5.82 Å². The monoisotopic (exact) mass is 446 g/mol. The summed E-state index contributed by atoms with van der Waals surface area (Å²) in [5.41, 5.74) is 2.27. The predicted octanol–water partition coefficient (Wildman–Crippen LogP) is 8.65. The maximum atomic E-state index is 14.3. The Balaban J connectivity index is 1.72. The molecule has 0 bridgehead atoms. The zero-order chi connectivity index (χ0) is 23.5. The number of ether oxygens (including phenoxy) is 2. The summed E-state index contributed by atoms with van der Waals surface area (Å²) in [6, 6.07) is 22.9. The molecule has 3 rings (SSSR count). The fraction of sp³-hybridized carbons (Fsp3) is 0.333. The van der Waals surface area contributed by atoms with Gasteiger partial charge in [-0.1, -0.05) is 62.2 Å². The van der Waals surface area contributed by atoms with Crippen LogP contribution in [0.4, 0.5) is 4.39 Å². The SMILES string of the molecule is C=CC(CCCC)(CCCc1ccc(F)c(Oc2ccccc2)c1)c1ccc(OCC)cc1. The van der Waals surface area contributed by atoms with Gasteiger partial charge in [0.15, 0.2) is 11.6 Å². The Morgan fingerprint density at radius 1 is 0.879 bits per heavy atom. The van der Waals surface area contributed by atoms with E-state index in [1.54, 1.807) is 0 Å². The molecule has 3 aromatic rings. The average molecular weight is 447 g/mol. The van der Waals surface area contributed by atoms with E-state index in [9.17, 15) is 4.39 Å². The molecular formula is C30H35FO2. The molecule has 0 aliphatic rings. The third-order valence-electron chi connectivity index (χ3n) is 6.16. The van der Waals surface area contributed by atoms with Gasteiger partial charge in [0.05, 0.1) is 6.61 Å². The summed E-state index contributed by atoms with van der Waals surface area (Å²) in [5.74, 6) is 1.45. The van der Waals surface area contributed by atoms with Crippen LogP contribution in [0.1, 0.15) is 57.1 Å². The van der Waals surface area contributed by atoms with Gasteiger partial charge in [-0.25, -0.2) is 4.39 Å². The molecule has 0 aromatic heterocycles. The molecule has 0 aliphatic carbocycles. The van der Waals surface area contributed by atoms with E-state index < -0.39 is 0 Å². The van der Waals surface area contributed by atoms with Crippen molar-refractivity contribution in [1.29, 1.82) is 0 Å². The van der Waals surface area contributed by atoms with Crippen LogP contribution in [-0.4, -0.2) is 6.61 Å². The van der Waals surface area contributed by atoms with Crippen LogP contribution in [0.2, 0.25) is 0 Å². The van der Waals surface area contributed by atoms with Crippen molar-refractivity contribution in [3.05, 3.63) is 102 Å². The van der Waals surface area contributed by atoms with Gasteiger partial charge < -0.3 is 9.47 Å². The van der Waals surface area contributed by atoms with E-state index in [1.165, 1.54) is 11.6 Å². The van der Waals surface area contributed by atoms with E-state index in [0.717, 1.165) is 49.8 Å². The third kappa shape index (κ3) is 6.71. The first-order valence-electron chi connectivity index (χ1n) is 12.0. The molecule has 33 heavy (non-hydrogen) atoms. The first-order valence-corrected chi connectivity index (χ1v) is 12.0. The van der Waals surface area contributed by atoms with Gasteiger partial charge in [0.1, 0.15) is 11.5 Å². The second kappa shape index (κ2) is 12.2. The number of halogens is 1. The Kier molecular flexibility index (Phi) is 9.12. The summed E-state index contributed by atoms with van der Waals surface area (Å²) in [5, 5.41) is 0. The molecule has 0 N–H and O–H groups in total. The summed E-state index contributed by atoms with van der Waals surface area (Å²) in [6.07, 6.45) is 8.27. The van der Waals surface area contributed by atoms with Crippen molar-refractivity contribution in [1.82, 2.24) is 0 Å². The molecule has 0 aliphatic heterocycles. The lowest BCUT2D eigenvalue weighted by molar-refractivity contribution is 0.339. The summed E-state index contributed by atoms with van der Waals surface area (Å²) in [7, 11) is 0. The van der Waals surface area contributed by atoms with Crippen molar-refractivity contribution < 1.29 is 13.9 Å². The molecule has 3 aromatic carbocycles. The minimum Gasteiger partial charge on any atom is -0.494 e. The zero-order valence-electron chi connectivity index (χ0n) is 19.9. The molecule has 1 atom stereocenters. The Bertz CT molecular complexity index is 998. The van der Waals surface area contributed by atoms with E-state index in [2.05, 4.69) is 43.8 Å². The fourth-order valence-electron chi connectivity index (χ4n) is 4.28. The second-order valence-electron chi connectivity index (χ2n) is 8.45. The van der Waals surface area contributed by atoms with E-state index in [-0.39, 0.29) is 17.0 Å². The van der Waals surface area contributed by atoms with Crippen molar-refractivity contribution in [2.24, 2.45) is 0 Å². The smallest absolute Gasteiger partial charge is 0.165 e. The maximum absolute atomic E-state index is 14.3. The third-order valence-corrected chi connectivity index (χ3v) is 6.16. The number of unbranched alkanes of at least 4 members (excludes halogenated alkanes) is 1. The molecule has 1 unspecified atom stereocenters. The quantitative estimate of drug-likeness (QED) is 0.245. The summed E-state index contributed by atoms with van der Waals surface area (Å²) in [6.45, 7) is 9.10. The number of hydrogen-bond donors (Lipinski definition) is 0. The molecule has 0 fully saturated rings. The van der Waals surface area contributed by atoms with Crippen LogP contribution in [0.5, 0.6) is 17.2 Å². The normalized spacial score (nSPS) is 12.7.